The maximum absolute atomic E-state index is 14.5. The van der Waals surface area contributed by atoms with Crippen molar-refractivity contribution in [3.63, 3.8) is 0 Å². The zero-order valence-electron chi connectivity index (χ0n) is 31.9. The summed E-state index contributed by atoms with van der Waals surface area (Å²) in [4.78, 5) is 71.3. The van der Waals surface area contributed by atoms with Crippen molar-refractivity contribution in [1.29, 1.82) is 0 Å². The third-order valence-corrected chi connectivity index (χ3v) is 11.2. The molecule has 1 aliphatic carbocycles. The van der Waals surface area contributed by atoms with Crippen LogP contribution in [0.3, 0.4) is 0 Å². The van der Waals surface area contributed by atoms with Gasteiger partial charge < -0.3 is 31.3 Å². The Morgan fingerprint density at radius 3 is 2.24 bits per heavy atom. The summed E-state index contributed by atoms with van der Waals surface area (Å²) in [7, 11) is 0. The summed E-state index contributed by atoms with van der Waals surface area (Å²) in [5.41, 5.74) is -0.785. The second-order valence-electron chi connectivity index (χ2n) is 17.0. The number of piperidine rings is 1. The first-order valence-electron chi connectivity index (χ1n) is 19.0. The SMILES string of the molecule is C=CCNC(=O)C(=O)C(CCCC)NC(=O)[C@@H]1CCCN1C(=O)[C@@H](NC(=O)N[C@H](CN1CCC(C)(C)CC1O)C(C)(C)C)C1(C)CCCCC1. The highest BCUT2D eigenvalue weighted by molar-refractivity contribution is 6.38. The maximum Gasteiger partial charge on any atom is 0.315 e. The van der Waals surface area contributed by atoms with E-state index < -0.39 is 53.4 Å². The molecule has 3 aliphatic rings. The maximum atomic E-state index is 14.5. The van der Waals surface area contributed by atoms with Gasteiger partial charge in [-0.05, 0) is 61.2 Å². The van der Waals surface area contributed by atoms with E-state index >= 15 is 0 Å². The van der Waals surface area contributed by atoms with Gasteiger partial charge in [-0.3, -0.25) is 24.1 Å². The lowest BCUT2D eigenvalue weighted by atomic mass is 9.70. The van der Waals surface area contributed by atoms with Crippen LogP contribution in [0.5, 0.6) is 0 Å². The average molecular weight is 703 g/mol. The molecule has 5 amide bonds. The number of ketones is 1. The van der Waals surface area contributed by atoms with Crippen LogP contribution in [-0.4, -0.2) is 101 Å². The fourth-order valence-electron chi connectivity index (χ4n) is 7.64. The van der Waals surface area contributed by atoms with Gasteiger partial charge in [-0.1, -0.05) is 86.6 Å². The standard InChI is InChI=1S/C38H66N6O6/c1-9-11-16-26(30(46)33(48)39-21-10-2)40-32(47)27-17-15-22-44(27)34(49)31(38(8)18-13-12-14-19-38)42-35(50)41-28(36(3,4)5)25-43-23-20-37(6,7)24-29(43)45/h10,26-29,31,45H,2,9,11-25H2,1,3-8H3,(H,39,48)(H,40,47)(H2,41,42,50)/t26?,27-,28+,29?,31+/m0/s1. The Hall–Kier alpha value is -2.99. The van der Waals surface area contributed by atoms with Crippen molar-refractivity contribution in [2.24, 2.45) is 16.2 Å². The van der Waals surface area contributed by atoms with Crippen LogP contribution in [-0.2, 0) is 19.2 Å². The average Bonchev–Trinajstić information content (AvgIpc) is 3.54. The summed E-state index contributed by atoms with van der Waals surface area (Å²) in [6, 6.07) is -3.43. The van der Waals surface area contributed by atoms with Gasteiger partial charge in [0.05, 0.1) is 6.04 Å². The molecule has 0 radical (unpaired) electrons. The van der Waals surface area contributed by atoms with Crippen LogP contribution in [0.25, 0.3) is 0 Å². The van der Waals surface area contributed by atoms with Crippen molar-refractivity contribution in [1.82, 2.24) is 31.1 Å². The number of nitrogens with zero attached hydrogens (tertiary/aromatic N) is 2. The molecule has 0 spiro atoms. The molecule has 284 valence electrons. The number of nitrogens with one attached hydrogen (secondary N) is 4. The molecule has 5 N–H and O–H groups in total. The minimum atomic E-state index is -1.00. The summed E-state index contributed by atoms with van der Waals surface area (Å²) in [6.07, 6.45) is 9.72. The second kappa shape index (κ2) is 18.0. The minimum Gasteiger partial charge on any atom is -0.378 e. The molecule has 5 atom stereocenters. The number of aliphatic hydroxyl groups is 1. The van der Waals surface area contributed by atoms with Crippen molar-refractivity contribution < 1.29 is 29.1 Å². The number of amides is 5. The van der Waals surface area contributed by atoms with Crippen molar-refractivity contribution in [2.75, 3.05) is 26.2 Å². The smallest absolute Gasteiger partial charge is 0.315 e. The van der Waals surface area contributed by atoms with Gasteiger partial charge in [0.2, 0.25) is 17.6 Å². The lowest BCUT2D eigenvalue weighted by molar-refractivity contribution is -0.144. The molecule has 0 aromatic carbocycles. The molecule has 12 nitrogen and oxygen atoms in total. The lowest BCUT2D eigenvalue weighted by Gasteiger charge is -2.45. The Balaban J connectivity index is 1.80. The monoisotopic (exact) mass is 703 g/mol. The number of hydrogen-bond acceptors (Lipinski definition) is 7. The fourth-order valence-corrected chi connectivity index (χ4v) is 7.64. The van der Waals surface area contributed by atoms with E-state index in [-0.39, 0.29) is 29.3 Å². The van der Waals surface area contributed by atoms with E-state index in [1.54, 1.807) is 4.90 Å². The Morgan fingerprint density at radius 1 is 0.960 bits per heavy atom. The molecule has 50 heavy (non-hydrogen) atoms. The van der Waals surface area contributed by atoms with Crippen LogP contribution < -0.4 is 21.3 Å². The molecule has 0 aromatic rings. The molecule has 3 rings (SSSR count). The highest BCUT2D eigenvalue weighted by atomic mass is 16.3. The third kappa shape index (κ3) is 11.3. The summed E-state index contributed by atoms with van der Waals surface area (Å²) >= 11 is 0. The number of carbonyl (C=O) groups excluding carboxylic acids is 5. The molecule has 2 unspecified atom stereocenters. The van der Waals surface area contributed by atoms with Crippen LogP contribution >= 0.6 is 0 Å². The van der Waals surface area contributed by atoms with Crippen molar-refractivity contribution >= 4 is 29.5 Å². The van der Waals surface area contributed by atoms with Gasteiger partial charge in [0, 0.05) is 32.2 Å². The van der Waals surface area contributed by atoms with E-state index in [4.69, 9.17) is 0 Å². The van der Waals surface area contributed by atoms with E-state index in [2.05, 4.69) is 69.4 Å². The number of unbranched alkanes of at least 4 members (excludes halogenated alkanes) is 1. The molecule has 2 saturated heterocycles. The summed E-state index contributed by atoms with van der Waals surface area (Å²) in [5.74, 6) is -2.26. The molecule has 3 fully saturated rings. The van der Waals surface area contributed by atoms with Crippen LogP contribution in [0.15, 0.2) is 12.7 Å². The highest BCUT2D eigenvalue weighted by Gasteiger charge is 2.47. The third-order valence-electron chi connectivity index (χ3n) is 11.2. The van der Waals surface area contributed by atoms with Crippen LogP contribution in [0.4, 0.5) is 4.79 Å². The molecule has 0 bridgehead atoms. The molecule has 2 heterocycles. The summed E-state index contributed by atoms with van der Waals surface area (Å²) in [6.45, 7) is 19.8. The zero-order valence-corrected chi connectivity index (χ0v) is 31.9. The van der Waals surface area contributed by atoms with Gasteiger partial charge >= 0.3 is 6.03 Å². The van der Waals surface area contributed by atoms with Gasteiger partial charge in [-0.15, -0.1) is 6.58 Å². The molecule has 2 aliphatic heterocycles. The van der Waals surface area contributed by atoms with E-state index in [0.29, 0.717) is 45.2 Å². The van der Waals surface area contributed by atoms with Crippen molar-refractivity contribution in [3.8, 4) is 0 Å². The fraction of sp³-hybridized carbons (Fsp3) is 0.816. The summed E-state index contributed by atoms with van der Waals surface area (Å²) in [5, 5.41) is 22.5. The first-order valence-corrected chi connectivity index (χ1v) is 19.0. The Morgan fingerprint density at radius 2 is 1.64 bits per heavy atom. The van der Waals surface area contributed by atoms with E-state index in [1.165, 1.54) is 6.08 Å². The Kier molecular flexibility index (Phi) is 14.9. The number of Topliss-reactive ketones (excluding diaryl/α,β-unsaturated/α-hetero) is 1. The Labute approximate surface area is 300 Å². The number of carbonyl (C=O) groups is 5. The topological polar surface area (TPSA) is 160 Å². The van der Waals surface area contributed by atoms with Gasteiger partial charge in [-0.25, -0.2) is 4.79 Å². The largest absolute Gasteiger partial charge is 0.378 e. The van der Waals surface area contributed by atoms with Gasteiger partial charge in [0.1, 0.15) is 18.3 Å². The lowest BCUT2D eigenvalue weighted by Crippen LogP contribution is -2.63. The summed E-state index contributed by atoms with van der Waals surface area (Å²) < 4.78 is 0. The number of urea groups is 1. The van der Waals surface area contributed by atoms with Crippen LogP contribution in [0.1, 0.15) is 126 Å². The predicted octanol–water partition coefficient (Wildman–Crippen LogP) is 4.02. The zero-order chi connectivity index (χ0) is 37.3. The normalized spacial score (nSPS) is 24.0. The van der Waals surface area contributed by atoms with Crippen LogP contribution in [0, 0.1) is 16.2 Å². The quantitative estimate of drug-likeness (QED) is 0.127. The van der Waals surface area contributed by atoms with Gasteiger partial charge in [0.25, 0.3) is 5.91 Å². The number of aliphatic hydroxyl groups excluding tert-OH is 1. The molecular formula is C38H66N6O6. The van der Waals surface area contributed by atoms with Crippen molar-refractivity contribution in [2.45, 2.75) is 156 Å². The first kappa shape index (κ1) is 41.4. The van der Waals surface area contributed by atoms with Crippen molar-refractivity contribution in [3.05, 3.63) is 12.7 Å². The van der Waals surface area contributed by atoms with E-state index in [9.17, 15) is 29.1 Å². The molecular weight excluding hydrogens is 636 g/mol. The second-order valence-corrected chi connectivity index (χ2v) is 17.0. The minimum absolute atomic E-state index is 0.0529. The Bertz CT molecular complexity index is 1210. The first-order chi connectivity index (χ1) is 23.4. The van der Waals surface area contributed by atoms with E-state index in [1.807, 2.05) is 11.8 Å². The molecule has 0 aromatic heterocycles. The molecule has 12 heteroatoms. The van der Waals surface area contributed by atoms with Gasteiger partial charge in [-0.2, -0.15) is 0 Å². The molecule has 1 saturated carbocycles. The highest BCUT2D eigenvalue weighted by Crippen LogP contribution is 2.40. The van der Waals surface area contributed by atoms with E-state index in [0.717, 1.165) is 51.5 Å². The number of likely N-dealkylation sites (tertiary alicyclic amines) is 2. The van der Waals surface area contributed by atoms with Crippen LogP contribution in [0.2, 0.25) is 0 Å². The van der Waals surface area contributed by atoms with Gasteiger partial charge in [0.15, 0.2) is 0 Å². The number of rotatable bonds is 15. The number of hydrogen-bond donors (Lipinski definition) is 5. The predicted molar refractivity (Wildman–Crippen MR) is 195 cm³/mol.